The minimum atomic E-state index is -0.651. The van der Waals surface area contributed by atoms with Gasteiger partial charge in [0.1, 0.15) is 0 Å². The number of pyridine rings is 1. The van der Waals surface area contributed by atoms with Gasteiger partial charge >= 0.3 is 0 Å². The Kier molecular flexibility index (Phi) is 3.99. The third-order valence-electron chi connectivity index (χ3n) is 3.46. The van der Waals surface area contributed by atoms with Crippen LogP contribution in [0.15, 0.2) is 6.07 Å². The molecule has 2 heterocycles. The number of hydrogen-bond acceptors (Lipinski definition) is 3. The third-order valence-corrected chi connectivity index (χ3v) is 3.46. The van der Waals surface area contributed by atoms with Crippen LogP contribution in [0.25, 0.3) is 0 Å². The summed E-state index contributed by atoms with van der Waals surface area (Å²) in [5.41, 5.74) is 0. The summed E-state index contributed by atoms with van der Waals surface area (Å²) in [5.74, 6) is -0.219. The van der Waals surface area contributed by atoms with Crippen molar-refractivity contribution in [2.45, 2.75) is 26.2 Å². The normalized spacial score (nSPS) is 20.7. The van der Waals surface area contributed by atoms with E-state index in [1.807, 2.05) is 4.90 Å². The van der Waals surface area contributed by atoms with Gasteiger partial charge in [-0.1, -0.05) is 6.92 Å². The fourth-order valence-corrected chi connectivity index (χ4v) is 2.33. The summed E-state index contributed by atoms with van der Waals surface area (Å²) in [6.45, 7) is 3.76. The molecule has 0 aromatic carbocycles. The minimum absolute atomic E-state index is 0.101. The van der Waals surface area contributed by atoms with Gasteiger partial charge < -0.3 is 10.2 Å². The summed E-state index contributed by atoms with van der Waals surface area (Å²) >= 11 is 0. The fourth-order valence-electron chi connectivity index (χ4n) is 2.33. The molecule has 3 nitrogen and oxygen atoms in total. The Morgan fingerprint density at radius 3 is 2.78 bits per heavy atom. The van der Waals surface area contributed by atoms with Gasteiger partial charge in [0.2, 0.25) is 0 Å². The predicted octanol–water partition coefficient (Wildman–Crippen LogP) is 3.03. The molecule has 1 aromatic heterocycles. The van der Waals surface area contributed by atoms with Crippen LogP contribution in [0.1, 0.15) is 26.2 Å². The molecule has 1 saturated heterocycles. The van der Waals surface area contributed by atoms with E-state index in [0.29, 0.717) is 5.92 Å². The first-order valence-electron chi connectivity index (χ1n) is 6.40. The number of anilines is 2. The highest BCUT2D eigenvalue weighted by molar-refractivity contribution is 5.49. The third kappa shape index (κ3) is 2.71. The van der Waals surface area contributed by atoms with Gasteiger partial charge in [-0.2, -0.15) is 0 Å². The summed E-state index contributed by atoms with van der Waals surface area (Å²) < 4.78 is 27.2. The van der Waals surface area contributed by atoms with Crippen molar-refractivity contribution in [2.24, 2.45) is 5.92 Å². The second-order valence-electron chi connectivity index (χ2n) is 4.90. The fraction of sp³-hybridized carbons (Fsp3) is 0.615. The van der Waals surface area contributed by atoms with Crippen molar-refractivity contribution in [3.63, 3.8) is 0 Å². The van der Waals surface area contributed by atoms with Gasteiger partial charge in [0, 0.05) is 26.2 Å². The van der Waals surface area contributed by atoms with Crippen LogP contribution in [0.2, 0.25) is 0 Å². The number of nitrogens with one attached hydrogen (secondary N) is 1. The molecule has 18 heavy (non-hydrogen) atoms. The molecule has 2 rings (SSSR count). The zero-order valence-corrected chi connectivity index (χ0v) is 10.8. The molecule has 1 N–H and O–H groups in total. The van der Waals surface area contributed by atoms with Gasteiger partial charge in [-0.3, -0.25) is 0 Å². The van der Waals surface area contributed by atoms with E-state index < -0.39 is 11.6 Å². The summed E-state index contributed by atoms with van der Waals surface area (Å²) in [7, 11) is 1.58. The number of aromatic nitrogens is 1. The monoisotopic (exact) mass is 255 g/mol. The Morgan fingerprint density at radius 2 is 2.06 bits per heavy atom. The number of nitrogens with zero attached hydrogens (tertiary/aromatic N) is 2. The zero-order chi connectivity index (χ0) is 13.1. The largest absolute Gasteiger partial charge is 0.371 e. The first kappa shape index (κ1) is 13.1. The van der Waals surface area contributed by atoms with E-state index in [-0.39, 0.29) is 11.6 Å². The van der Waals surface area contributed by atoms with Crippen molar-refractivity contribution >= 4 is 11.6 Å². The first-order chi connectivity index (χ1) is 8.61. The van der Waals surface area contributed by atoms with Crippen molar-refractivity contribution in [1.29, 1.82) is 0 Å². The maximum absolute atomic E-state index is 13.8. The second-order valence-corrected chi connectivity index (χ2v) is 4.90. The molecule has 1 unspecified atom stereocenters. The van der Waals surface area contributed by atoms with Gasteiger partial charge in [0.15, 0.2) is 23.3 Å². The molecule has 0 aliphatic carbocycles. The summed E-state index contributed by atoms with van der Waals surface area (Å²) in [4.78, 5) is 5.96. The maximum Gasteiger partial charge on any atom is 0.168 e. The average molecular weight is 255 g/mol. The van der Waals surface area contributed by atoms with Crippen LogP contribution in [0.5, 0.6) is 0 Å². The lowest BCUT2D eigenvalue weighted by molar-refractivity contribution is 0.520. The van der Waals surface area contributed by atoms with Crippen LogP contribution in [-0.2, 0) is 0 Å². The van der Waals surface area contributed by atoms with Crippen LogP contribution >= 0.6 is 0 Å². The minimum Gasteiger partial charge on any atom is -0.371 e. The van der Waals surface area contributed by atoms with Crippen molar-refractivity contribution in [3.8, 4) is 0 Å². The van der Waals surface area contributed by atoms with Gasteiger partial charge in [-0.05, 0) is 25.2 Å². The molecule has 1 aromatic rings. The lowest BCUT2D eigenvalue weighted by Gasteiger charge is -2.22. The van der Waals surface area contributed by atoms with Crippen molar-refractivity contribution < 1.29 is 8.78 Å². The van der Waals surface area contributed by atoms with Crippen molar-refractivity contribution in [3.05, 3.63) is 17.7 Å². The van der Waals surface area contributed by atoms with E-state index in [2.05, 4.69) is 17.2 Å². The maximum atomic E-state index is 13.8. The molecular formula is C13H19F2N3. The summed E-state index contributed by atoms with van der Waals surface area (Å²) in [6, 6.07) is 0.905. The van der Waals surface area contributed by atoms with Gasteiger partial charge in [0.05, 0.1) is 0 Å². The molecule has 1 fully saturated rings. The zero-order valence-electron chi connectivity index (χ0n) is 10.8. The first-order valence-corrected chi connectivity index (χ1v) is 6.40. The molecule has 5 heteroatoms. The van der Waals surface area contributed by atoms with Crippen LogP contribution in [0.3, 0.4) is 0 Å². The molecule has 0 amide bonds. The van der Waals surface area contributed by atoms with E-state index in [9.17, 15) is 8.78 Å². The number of hydrogen-bond donors (Lipinski definition) is 1. The van der Waals surface area contributed by atoms with Crippen LogP contribution in [0, 0.1) is 17.6 Å². The van der Waals surface area contributed by atoms with Crippen molar-refractivity contribution in [1.82, 2.24) is 4.98 Å². The number of rotatable bonds is 2. The molecule has 1 aliphatic heterocycles. The van der Waals surface area contributed by atoms with Crippen LogP contribution in [-0.4, -0.2) is 25.1 Å². The van der Waals surface area contributed by atoms with Gasteiger partial charge in [0.25, 0.3) is 0 Å². The average Bonchev–Trinajstić information content (AvgIpc) is 2.54. The van der Waals surface area contributed by atoms with Gasteiger partial charge in [-0.15, -0.1) is 0 Å². The highest BCUT2D eigenvalue weighted by Gasteiger charge is 2.20. The lowest BCUT2D eigenvalue weighted by Crippen LogP contribution is -2.26. The Morgan fingerprint density at radius 1 is 1.28 bits per heavy atom. The van der Waals surface area contributed by atoms with E-state index in [1.54, 1.807) is 7.05 Å². The van der Waals surface area contributed by atoms with Crippen LogP contribution < -0.4 is 10.2 Å². The van der Waals surface area contributed by atoms with Crippen LogP contribution in [0.4, 0.5) is 20.4 Å². The molecule has 0 radical (unpaired) electrons. The molecule has 1 atom stereocenters. The van der Waals surface area contributed by atoms with E-state index >= 15 is 0 Å². The molecule has 0 bridgehead atoms. The molecule has 100 valence electrons. The Balaban J connectivity index is 2.26. The van der Waals surface area contributed by atoms with E-state index in [0.717, 1.165) is 38.4 Å². The Labute approximate surface area is 106 Å². The molecular weight excluding hydrogens is 236 g/mol. The summed E-state index contributed by atoms with van der Waals surface area (Å²) in [6.07, 6.45) is 3.19. The summed E-state index contributed by atoms with van der Waals surface area (Å²) in [5, 5.41) is 2.65. The SMILES string of the molecule is CNc1nc(N2CCCC(C)CC2)c(F)cc1F. The standard InChI is InChI=1S/C13H19F2N3/c1-9-4-3-6-18(7-5-9)13-11(15)8-10(14)12(16-2)17-13/h8-9H,3-7H2,1-2H3,(H,16,17). The Hall–Kier alpha value is -1.39. The smallest absolute Gasteiger partial charge is 0.168 e. The predicted molar refractivity (Wildman–Crippen MR) is 68.9 cm³/mol. The lowest BCUT2D eigenvalue weighted by atomic mass is 10.0. The molecule has 0 spiro atoms. The van der Waals surface area contributed by atoms with Crippen molar-refractivity contribution in [2.75, 3.05) is 30.4 Å². The number of halogens is 2. The van der Waals surface area contributed by atoms with E-state index in [1.165, 1.54) is 0 Å². The molecule has 0 saturated carbocycles. The van der Waals surface area contributed by atoms with E-state index in [4.69, 9.17) is 0 Å². The highest BCUT2D eigenvalue weighted by Crippen LogP contribution is 2.25. The Bertz CT molecular complexity index is 423. The van der Waals surface area contributed by atoms with Gasteiger partial charge in [-0.25, -0.2) is 13.8 Å². The second kappa shape index (κ2) is 5.50. The topological polar surface area (TPSA) is 28.2 Å². The highest BCUT2D eigenvalue weighted by atomic mass is 19.1. The quantitative estimate of drug-likeness (QED) is 0.880. The molecule has 1 aliphatic rings.